The Labute approximate surface area is 291 Å². The normalized spacial score (nSPS) is 16.7. The molecule has 260 valence electrons. The van der Waals surface area contributed by atoms with Gasteiger partial charge in [0.15, 0.2) is 35.4 Å². The summed E-state index contributed by atoms with van der Waals surface area (Å²) in [4.78, 5) is 40.0. The first-order valence-electron chi connectivity index (χ1n) is 16.2. The molecule has 0 unspecified atom stereocenters. The van der Waals surface area contributed by atoms with E-state index in [0.717, 1.165) is 27.9 Å². The van der Waals surface area contributed by atoms with E-state index in [2.05, 4.69) is 30.7 Å². The van der Waals surface area contributed by atoms with Crippen molar-refractivity contribution in [2.75, 3.05) is 26.2 Å². The van der Waals surface area contributed by atoms with E-state index in [1.165, 1.54) is 24.5 Å². The molecule has 2 amide bonds. The lowest BCUT2D eigenvalue weighted by molar-refractivity contribution is 0.0920. The van der Waals surface area contributed by atoms with Crippen LogP contribution in [0.15, 0.2) is 55.2 Å². The fourth-order valence-electron chi connectivity index (χ4n) is 6.16. The number of aryl methyl sites for hydroxylation is 3. The molecule has 0 saturated carbocycles. The molecule has 5 aromatic rings. The highest BCUT2D eigenvalue weighted by Gasteiger charge is 2.26. The summed E-state index contributed by atoms with van der Waals surface area (Å²) < 4.78 is 32.4. The van der Waals surface area contributed by atoms with Crippen molar-refractivity contribution in [2.45, 2.75) is 31.8 Å². The van der Waals surface area contributed by atoms with Gasteiger partial charge in [-0.25, -0.2) is 23.7 Å². The molecule has 51 heavy (non-hydrogen) atoms. The second-order valence-corrected chi connectivity index (χ2v) is 12.5. The number of nitrogens with one attached hydrogen (secondary N) is 2. The number of hydrogen-bond acceptors (Lipinski definition) is 10. The van der Waals surface area contributed by atoms with Gasteiger partial charge in [0.2, 0.25) is 0 Å². The van der Waals surface area contributed by atoms with Crippen molar-refractivity contribution in [1.29, 1.82) is 10.5 Å². The molecule has 2 saturated heterocycles. The number of fused-ring (bicyclic) bond motifs is 1. The van der Waals surface area contributed by atoms with Crippen molar-refractivity contribution in [3.05, 3.63) is 84.0 Å². The summed E-state index contributed by atoms with van der Waals surface area (Å²) in [6.07, 6.45) is 13.7. The zero-order valence-electron chi connectivity index (χ0n) is 28.1. The van der Waals surface area contributed by atoms with Crippen LogP contribution in [0.25, 0.3) is 33.3 Å². The van der Waals surface area contributed by atoms with E-state index >= 15 is 0 Å². The highest BCUT2D eigenvalue weighted by atomic mass is 19.1. The molecule has 14 nitrogen and oxygen atoms in total. The Bertz CT molecular complexity index is 2200. The molecule has 0 aromatic carbocycles. The van der Waals surface area contributed by atoms with Gasteiger partial charge in [-0.2, -0.15) is 15.6 Å². The van der Waals surface area contributed by atoms with Crippen LogP contribution in [0.1, 0.15) is 39.5 Å². The molecule has 0 bridgehead atoms. The summed E-state index contributed by atoms with van der Waals surface area (Å²) >= 11 is 0. The predicted octanol–water partition coefficient (Wildman–Crippen LogP) is 3.27. The molecular weight excluding hydrogens is 658 g/mol. The number of likely N-dealkylation sites (tertiary alicyclic amines) is 2. The minimum absolute atomic E-state index is 0.168. The van der Waals surface area contributed by atoms with Gasteiger partial charge >= 0.3 is 0 Å². The van der Waals surface area contributed by atoms with Crippen LogP contribution in [0.2, 0.25) is 0 Å². The monoisotopic (exact) mass is 692 g/mol. The third kappa shape index (κ3) is 7.60. The lowest BCUT2D eigenvalue weighted by Crippen LogP contribution is -2.37. The number of aromatic nitrogens is 6. The summed E-state index contributed by atoms with van der Waals surface area (Å²) in [6.45, 7) is 3.89. The standard InChI is InChI=1S/C19H17FN6O.C16H17FN6O/c1-25-4-2-12-6-13(9-23-18(12)25)14-7-16(20)17(22-8-14)19(27)24-15-3-5-26(10-15)11-21;1-10-13(8-22(2)21-10)11-5-14(17)15(19-6-11)16(24)20-12-3-4-23(7-12)9-18/h2,4,6-9,15H,3,5,10H2,1H3,(H,24,27);5-6,8,12H,3-4,7H2,1-2H3,(H,20,24)/t15-;12-/m11/s1. The summed E-state index contributed by atoms with van der Waals surface area (Å²) in [5.74, 6) is -2.50. The summed E-state index contributed by atoms with van der Waals surface area (Å²) in [6, 6.07) is 6.09. The van der Waals surface area contributed by atoms with Crippen LogP contribution in [0.5, 0.6) is 0 Å². The largest absolute Gasteiger partial charge is 0.346 e. The molecule has 2 aliphatic rings. The Kier molecular flexibility index (Phi) is 9.86. The summed E-state index contributed by atoms with van der Waals surface area (Å²) in [5.41, 5.74) is 3.75. The Morgan fingerprint density at radius 3 is 1.86 bits per heavy atom. The summed E-state index contributed by atoms with van der Waals surface area (Å²) in [5, 5.41) is 28.3. The molecule has 2 aliphatic heterocycles. The Hall–Kier alpha value is -6.42. The highest BCUT2D eigenvalue weighted by Crippen LogP contribution is 2.25. The van der Waals surface area contributed by atoms with Gasteiger partial charge in [0.1, 0.15) is 5.65 Å². The van der Waals surface area contributed by atoms with Crippen molar-refractivity contribution >= 4 is 22.8 Å². The van der Waals surface area contributed by atoms with Gasteiger partial charge in [0.25, 0.3) is 11.8 Å². The van der Waals surface area contributed by atoms with Gasteiger partial charge in [-0.15, -0.1) is 0 Å². The van der Waals surface area contributed by atoms with E-state index in [-0.39, 0.29) is 23.5 Å². The molecule has 0 aliphatic carbocycles. The zero-order valence-corrected chi connectivity index (χ0v) is 28.1. The maximum atomic E-state index is 14.5. The number of halogens is 2. The molecule has 2 atom stereocenters. The fraction of sp³-hybridized carbons (Fsp3) is 0.314. The van der Waals surface area contributed by atoms with Crippen LogP contribution in [0.4, 0.5) is 8.78 Å². The van der Waals surface area contributed by atoms with Crippen LogP contribution < -0.4 is 10.6 Å². The first-order valence-corrected chi connectivity index (χ1v) is 16.2. The molecule has 2 N–H and O–H groups in total. The Morgan fingerprint density at radius 2 is 1.35 bits per heavy atom. The number of pyridine rings is 3. The SMILES string of the molecule is Cc1nn(C)cc1-c1cnc(C(=O)N[C@@H]2CCN(C#N)C2)c(F)c1.Cn1ccc2cc(-c3cnc(C(=O)N[C@@H]4CCN(C#N)C4)c(F)c3)cnc21. The van der Waals surface area contributed by atoms with Crippen molar-refractivity contribution in [3.63, 3.8) is 0 Å². The first-order chi connectivity index (χ1) is 24.5. The second-order valence-electron chi connectivity index (χ2n) is 12.5. The van der Waals surface area contributed by atoms with Gasteiger partial charge in [0, 0.05) is 111 Å². The van der Waals surface area contributed by atoms with Crippen molar-refractivity contribution in [2.24, 2.45) is 14.1 Å². The average molecular weight is 693 g/mol. The van der Waals surface area contributed by atoms with Gasteiger partial charge < -0.3 is 25.0 Å². The topological polar surface area (TPSA) is 174 Å². The summed E-state index contributed by atoms with van der Waals surface area (Å²) in [7, 11) is 3.69. The molecule has 7 heterocycles. The second kappa shape index (κ2) is 14.6. The van der Waals surface area contributed by atoms with E-state index in [9.17, 15) is 18.4 Å². The molecule has 7 rings (SSSR count). The average Bonchev–Trinajstić information content (AvgIpc) is 3.92. The van der Waals surface area contributed by atoms with Crippen molar-refractivity contribution in [3.8, 4) is 34.6 Å². The number of nitrogens with zero attached hydrogens (tertiary/aromatic N) is 10. The van der Waals surface area contributed by atoms with Crippen LogP contribution >= 0.6 is 0 Å². The number of rotatable bonds is 6. The lowest BCUT2D eigenvalue weighted by atomic mass is 10.1. The number of amides is 2. The van der Waals surface area contributed by atoms with Gasteiger partial charge in [-0.3, -0.25) is 14.3 Å². The maximum Gasteiger partial charge on any atom is 0.273 e. The minimum atomic E-state index is -0.687. The Morgan fingerprint density at radius 1 is 0.824 bits per heavy atom. The third-order valence-electron chi connectivity index (χ3n) is 8.81. The molecule has 5 aromatic heterocycles. The number of carbonyl (C=O) groups excluding carboxylic acids is 2. The number of nitriles is 2. The fourth-order valence-corrected chi connectivity index (χ4v) is 6.16. The van der Waals surface area contributed by atoms with E-state index in [0.29, 0.717) is 50.1 Å². The van der Waals surface area contributed by atoms with E-state index < -0.39 is 23.4 Å². The van der Waals surface area contributed by atoms with Crippen LogP contribution in [0, 0.1) is 41.5 Å². The predicted molar refractivity (Wildman–Crippen MR) is 181 cm³/mol. The van der Waals surface area contributed by atoms with Crippen molar-refractivity contribution in [1.82, 2.24) is 49.7 Å². The maximum absolute atomic E-state index is 14.5. The zero-order chi connectivity index (χ0) is 36.2. The van der Waals surface area contributed by atoms with E-state index in [1.807, 2.05) is 49.3 Å². The highest BCUT2D eigenvalue weighted by molar-refractivity contribution is 5.94. The number of hydrogen-bond donors (Lipinski definition) is 2. The lowest BCUT2D eigenvalue weighted by Gasteiger charge is -2.12. The van der Waals surface area contributed by atoms with Crippen LogP contribution in [0.3, 0.4) is 0 Å². The van der Waals surface area contributed by atoms with Gasteiger partial charge in [-0.1, -0.05) is 0 Å². The molecule has 2 fully saturated rings. The van der Waals surface area contributed by atoms with Crippen molar-refractivity contribution < 1.29 is 18.4 Å². The van der Waals surface area contributed by atoms with Gasteiger partial charge in [0.05, 0.1) is 5.69 Å². The van der Waals surface area contributed by atoms with E-state index in [1.54, 1.807) is 33.9 Å². The molecule has 0 radical (unpaired) electrons. The van der Waals surface area contributed by atoms with E-state index in [4.69, 9.17) is 10.5 Å². The molecule has 0 spiro atoms. The minimum Gasteiger partial charge on any atom is -0.346 e. The number of carbonyl (C=O) groups is 2. The Balaban J connectivity index is 0.000000177. The first kappa shape index (κ1) is 34.4. The smallest absolute Gasteiger partial charge is 0.273 e. The third-order valence-corrected chi connectivity index (χ3v) is 8.81. The molecular formula is C35H34F2N12O2. The van der Waals surface area contributed by atoms with Crippen LogP contribution in [-0.2, 0) is 14.1 Å². The van der Waals surface area contributed by atoms with Gasteiger partial charge in [-0.05, 0) is 44.0 Å². The quantitative estimate of drug-likeness (QED) is 0.252. The van der Waals surface area contributed by atoms with Crippen LogP contribution in [-0.4, -0.2) is 89.2 Å². The molecule has 16 heteroatoms.